The number of rotatable bonds is 6. The fourth-order valence-corrected chi connectivity index (χ4v) is 4.10. The van der Waals surface area contributed by atoms with Gasteiger partial charge in [0.2, 0.25) is 0 Å². The van der Waals surface area contributed by atoms with Crippen LogP contribution in [0.25, 0.3) is 0 Å². The zero-order valence-corrected chi connectivity index (χ0v) is 18.6. The molecule has 1 amide bonds. The molecule has 1 saturated heterocycles. The summed E-state index contributed by atoms with van der Waals surface area (Å²) in [6.07, 6.45) is 0. The molecule has 1 aliphatic rings. The molecule has 0 bridgehead atoms. The summed E-state index contributed by atoms with van der Waals surface area (Å²) in [6.45, 7) is 5.26. The standard InChI is InChI=1S/C24H24Cl2N4O/c25-21-10-11-22(26)28-23(21)24(31)27-16-18-6-4-5-7-19(18)17-29-12-14-30(15-13-29)20-8-2-1-3-9-20/h1-11H,12-17H2,(H,27,31). The van der Waals surface area contributed by atoms with Crippen LogP contribution in [0.15, 0.2) is 66.7 Å². The third kappa shape index (κ3) is 5.56. The van der Waals surface area contributed by atoms with E-state index in [1.54, 1.807) is 12.1 Å². The van der Waals surface area contributed by atoms with Crippen molar-refractivity contribution in [2.24, 2.45) is 0 Å². The first kappa shape index (κ1) is 21.6. The number of anilines is 1. The van der Waals surface area contributed by atoms with Crippen molar-refractivity contribution in [3.8, 4) is 0 Å². The normalized spacial score (nSPS) is 14.5. The van der Waals surface area contributed by atoms with Crippen molar-refractivity contribution in [3.63, 3.8) is 0 Å². The summed E-state index contributed by atoms with van der Waals surface area (Å²) in [6, 6.07) is 21.9. The van der Waals surface area contributed by atoms with Gasteiger partial charge in [-0.05, 0) is 35.4 Å². The van der Waals surface area contributed by atoms with Crippen molar-refractivity contribution < 1.29 is 4.79 Å². The van der Waals surface area contributed by atoms with Crippen molar-refractivity contribution in [1.29, 1.82) is 0 Å². The number of nitrogens with one attached hydrogen (secondary N) is 1. The van der Waals surface area contributed by atoms with Crippen LogP contribution in [0, 0.1) is 0 Å². The molecular formula is C24H24Cl2N4O. The minimum Gasteiger partial charge on any atom is -0.369 e. The average molecular weight is 455 g/mol. The van der Waals surface area contributed by atoms with Gasteiger partial charge in [-0.25, -0.2) is 4.98 Å². The van der Waals surface area contributed by atoms with Gasteiger partial charge in [0.15, 0.2) is 0 Å². The number of benzene rings is 2. The van der Waals surface area contributed by atoms with E-state index in [-0.39, 0.29) is 21.8 Å². The van der Waals surface area contributed by atoms with Gasteiger partial charge >= 0.3 is 0 Å². The average Bonchev–Trinajstić information content (AvgIpc) is 2.81. The van der Waals surface area contributed by atoms with Crippen LogP contribution in [0.4, 0.5) is 5.69 Å². The molecule has 7 heteroatoms. The highest BCUT2D eigenvalue weighted by Crippen LogP contribution is 2.19. The minimum absolute atomic E-state index is 0.142. The second kappa shape index (κ2) is 10.1. The number of aromatic nitrogens is 1. The molecule has 0 unspecified atom stereocenters. The van der Waals surface area contributed by atoms with Crippen molar-refractivity contribution in [3.05, 3.63) is 93.7 Å². The number of amides is 1. The number of halogens is 2. The summed E-state index contributed by atoms with van der Waals surface area (Å²) in [4.78, 5) is 21.4. The van der Waals surface area contributed by atoms with Gasteiger partial charge in [0.25, 0.3) is 5.91 Å². The van der Waals surface area contributed by atoms with Gasteiger partial charge in [-0.15, -0.1) is 0 Å². The lowest BCUT2D eigenvalue weighted by atomic mass is 10.1. The maximum Gasteiger partial charge on any atom is 0.271 e. The Kier molecular flexibility index (Phi) is 7.07. The molecule has 0 radical (unpaired) electrons. The Morgan fingerprint density at radius 1 is 0.871 bits per heavy atom. The van der Waals surface area contributed by atoms with Gasteiger partial charge in [-0.2, -0.15) is 0 Å². The Labute approximate surface area is 192 Å². The van der Waals surface area contributed by atoms with Gasteiger partial charge in [-0.1, -0.05) is 65.7 Å². The van der Waals surface area contributed by atoms with Gasteiger partial charge in [0.05, 0.1) is 5.02 Å². The molecule has 31 heavy (non-hydrogen) atoms. The molecule has 1 N–H and O–H groups in total. The van der Waals surface area contributed by atoms with Crippen molar-refractivity contribution in [2.45, 2.75) is 13.1 Å². The zero-order valence-electron chi connectivity index (χ0n) is 17.1. The zero-order chi connectivity index (χ0) is 21.6. The molecule has 1 aliphatic heterocycles. The lowest BCUT2D eigenvalue weighted by molar-refractivity contribution is 0.0946. The van der Waals surface area contributed by atoms with Crippen molar-refractivity contribution in [2.75, 3.05) is 31.1 Å². The Morgan fingerprint density at radius 2 is 1.55 bits per heavy atom. The summed E-state index contributed by atoms with van der Waals surface area (Å²) < 4.78 is 0. The van der Waals surface area contributed by atoms with E-state index in [1.807, 2.05) is 24.3 Å². The van der Waals surface area contributed by atoms with Gasteiger partial charge < -0.3 is 10.2 Å². The number of para-hydroxylation sites is 1. The van der Waals surface area contributed by atoms with E-state index >= 15 is 0 Å². The Morgan fingerprint density at radius 3 is 2.29 bits per heavy atom. The van der Waals surface area contributed by atoms with E-state index in [2.05, 4.69) is 50.4 Å². The van der Waals surface area contributed by atoms with Crippen LogP contribution in [0.1, 0.15) is 21.6 Å². The highest BCUT2D eigenvalue weighted by Gasteiger charge is 2.18. The molecule has 2 heterocycles. The number of piperazine rings is 1. The molecule has 3 aromatic rings. The summed E-state index contributed by atoms with van der Waals surface area (Å²) in [7, 11) is 0. The molecule has 0 saturated carbocycles. The van der Waals surface area contributed by atoms with Crippen LogP contribution in [0.2, 0.25) is 10.2 Å². The van der Waals surface area contributed by atoms with Gasteiger partial charge in [-0.3, -0.25) is 9.69 Å². The number of carbonyl (C=O) groups excluding carboxylic acids is 1. The molecule has 0 spiro atoms. The quantitative estimate of drug-likeness (QED) is 0.551. The molecule has 0 aliphatic carbocycles. The third-order valence-electron chi connectivity index (χ3n) is 5.47. The van der Waals surface area contributed by atoms with E-state index in [0.29, 0.717) is 6.54 Å². The number of hydrogen-bond acceptors (Lipinski definition) is 4. The van der Waals surface area contributed by atoms with Crippen LogP contribution in [-0.4, -0.2) is 42.0 Å². The first-order valence-electron chi connectivity index (χ1n) is 10.3. The van der Waals surface area contributed by atoms with Crippen LogP contribution in [0.3, 0.4) is 0 Å². The molecule has 1 aromatic heterocycles. The lowest BCUT2D eigenvalue weighted by Crippen LogP contribution is -2.46. The predicted octanol–water partition coefficient (Wildman–Crippen LogP) is 4.64. The minimum atomic E-state index is -0.334. The maximum atomic E-state index is 12.5. The van der Waals surface area contributed by atoms with E-state index in [9.17, 15) is 4.79 Å². The second-order valence-corrected chi connectivity index (χ2v) is 8.31. The third-order valence-corrected chi connectivity index (χ3v) is 5.99. The molecule has 1 fully saturated rings. The van der Waals surface area contributed by atoms with E-state index in [0.717, 1.165) is 38.3 Å². The summed E-state index contributed by atoms with van der Waals surface area (Å²) in [5, 5.41) is 3.44. The van der Waals surface area contributed by atoms with Crippen LogP contribution >= 0.6 is 23.2 Å². The highest BCUT2D eigenvalue weighted by molar-refractivity contribution is 6.34. The fraction of sp³-hybridized carbons (Fsp3) is 0.250. The van der Waals surface area contributed by atoms with Crippen LogP contribution in [-0.2, 0) is 13.1 Å². The monoisotopic (exact) mass is 454 g/mol. The first-order valence-corrected chi connectivity index (χ1v) is 11.0. The largest absolute Gasteiger partial charge is 0.369 e. The highest BCUT2D eigenvalue weighted by atomic mass is 35.5. The molecular weight excluding hydrogens is 431 g/mol. The number of pyridine rings is 1. The Balaban J connectivity index is 1.36. The summed E-state index contributed by atoms with van der Waals surface area (Å²) in [5.74, 6) is -0.334. The first-order chi connectivity index (χ1) is 15.1. The van der Waals surface area contributed by atoms with E-state index in [1.165, 1.54) is 11.3 Å². The van der Waals surface area contributed by atoms with Gasteiger partial charge in [0.1, 0.15) is 10.8 Å². The molecule has 2 aromatic carbocycles. The predicted molar refractivity (Wildman–Crippen MR) is 126 cm³/mol. The van der Waals surface area contributed by atoms with Crippen molar-refractivity contribution >= 4 is 34.8 Å². The lowest BCUT2D eigenvalue weighted by Gasteiger charge is -2.36. The topological polar surface area (TPSA) is 48.5 Å². The molecule has 0 atom stereocenters. The van der Waals surface area contributed by atoms with E-state index in [4.69, 9.17) is 23.2 Å². The van der Waals surface area contributed by atoms with Crippen LogP contribution < -0.4 is 10.2 Å². The SMILES string of the molecule is O=C(NCc1ccccc1CN1CCN(c2ccccc2)CC1)c1nc(Cl)ccc1Cl. The number of carbonyl (C=O) groups is 1. The molecule has 4 rings (SSSR count). The maximum absolute atomic E-state index is 12.5. The smallest absolute Gasteiger partial charge is 0.271 e. The van der Waals surface area contributed by atoms with E-state index < -0.39 is 0 Å². The number of hydrogen-bond donors (Lipinski definition) is 1. The van der Waals surface area contributed by atoms with Gasteiger partial charge in [0, 0.05) is 45.0 Å². The summed E-state index contributed by atoms with van der Waals surface area (Å²) >= 11 is 12.0. The fourth-order valence-electron chi connectivity index (χ4n) is 3.76. The second-order valence-electron chi connectivity index (χ2n) is 7.51. The molecule has 5 nitrogen and oxygen atoms in total. The van der Waals surface area contributed by atoms with Crippen molar-refractivity contribution in [1.82, 2.24) is 15.2 Å². The van der Waals surface area contributed by atoms with Crippen LogP contribution in [0.5, 0.6) is 0 Å². The number of nitrogens with zero attached hydrogens (tertiary/aromatic N) is 3. The Bertz CT molecular complexity index is 1040. The summed E-state index contributed by atoms with van der Waals surface area (Å²) in [5.41, 5.74) is 3.71. The Hall–Kier alpha value is -2.60. The molecule has 160 valence electrons.